The number of hydrogen-bond acceptors (Lipinski definition) is 8. The molecule has 0 aromatic rings. The van der Waals surface area contributed by atoms with Gasteiger partial charge in [0.25, 0.3) is 0 Å². The fourth-order valence-corrected chi connectivity index (χ4v) is 9.76. The van der Waals surface area contributed by atoms with Crippen LogP contribution in [0.4, 0.5) is 0 Å². The molecular weight excluding hydrogens is 954 g/mol. The largest absolute Gasteiger partial charge is 0.472 e. The SMILES string of the molecule is CC/C=C\C/C=C\C/C=C\C/C=C\C/C=C\C/C=C\CCCCCCC(=O)OC(COC(=O)CCCCCCCCCCCCCCCCCCCCCCCCCCCCCCCCC)COP(=O)(O)OCCN. The summed E-state index contributed by atoms with van der Waals surface area (Å²) in [4.78, 5) is 35.2. The zero-order valence-electron chi connectivity index (χ0n) is 48.8. The van der Waals surface area contributed by atoms with Crippen molar-refractivity contribution in [2.24, 2.45) is 5.73 Å². The number of unbranched alkanes of at least 4 members (excludes halogenated alkanes) is 34. The number of esters is 2. The van der Waals surface area contributed by atoms with E-state index in [-0.39, 0.29) is 38.6 Å². The number of allylic oxidation sites excluding steroid dienone is 12. The molecule has 0 saturated carbocycles. The third kappa shape index (κ3) is 60.5. The topological polar surface area (TPSA) is 134 Å². The van der Waals surface area contributed by atoms with Crippen molar-refractivity contribution in [3.8, 4) is 0 Å². The van der Waals surface area contributed by atoms with Gasteiger partial charge in [0.1, 0.15) is 6.61 Å². The first-order chi connectivity index (χ1) is 36.8. The second-order valence-corrected chi connectivity index (χ2v) is 22.4. The average Bonchev–Trinajstić information content (AvgIpc) is 3.40. The molecule has 0 aliphatic rings. The predicted molar refractivity (Wildman–Crippen MR) is 321 cm³/mol. The average molecular weight is 1070 g/mol. The van der Waals surface area contributed by atoms with E-state index >= 15 is 0 Å². The van der Waals surface area contributed by atoms with E-state index in [2.05, 4.69) is 86.8 Å². The second kappa shape index (κ2) is 60.7. The van der Waals surface area contributed by atoms with Crippen LogP contribution in [0, 0.1) is 0 Å². The molecule has 0 spiro atoms. The Morgan fingerprint density at radius 1 is 0.413 bits per heavy atom. The first kappa shape index (κ1) is 72.5. The number of carbonyl (C=O) groups is 2. The number of phosphoric acid groups is 1. The molecule has 0 bridgehead atoms. The fraction of sp³-hybridized carbons (Fsp3) is 0.785. The summed E-state index contributed by atoms with van der Waals surface area (Å²) in [5, 5.41) is 0. The molecule has 0 aliphatic heterocycles. The summed E-state index contributed by atoms with van der Waals surface area (Å²) in [5.41, 5.74) is 5.39. The van der Waals surface area contributed by atoms with Gasteiger partial charge in [-0.25, -0.2) is 4.57 Å². The molecule has 0 radical (unpaired) electrons. The van der Waals surface area contributed by atoms with E-state index in [0.717, 1.165) is 83.5 Å². The molecular formula is C65H118NO8P. The van der Waals surface area contributed by atoms with Crippen molar-refractivity contribution in [1.29, 1.82) is 0 Å². The Morgan fingerprint density at radius 2 is 0.733 bits per heavy atom. The number of carbonyl (C=O) groups excluding carboxylic acids is 2. The van der Waals surface area contributed by atoms with Crippen LogP contribution in [0.5, 0.6) is 0 Å². The van der Waals surface area contributed by atoms with Gasteiger partial charge in [0.2, 0.25) is 0 Å². The Labute approximate surface area is 462 Å². The lowest BCUT2D eigenvalue weighted by molar-refractivity contribution is -0.161. The molecule has 0 aromatic carbocycles. The molecule has 436 valence electrons. The maximum atomic E-state index is 12.7. The molecule has 0 aromatic heterocycles. The molecule has 2 unspecified atom stereocenters. The third-order valence-corrected chi connectivity index (χ3v) is 14.6. The van der Waals surface area contributed by atoms with Crippen molar-refractivity contribution in [2.75, 3.05) is 26.4 Å². The summed E-state index contributed by atoms with van der Waals surface area (Å²) >= 11 is 0. The number of ether oxygens (including phenoxy) is 2. The lowest BCUT2D eigenvalue weighted by atomic mass is 10.0. The van der Waals surface area contributed by atoms with Crippen LogP contribution >= 0.6 is 7.82 Å². The molecule has 0 heterocycles. The molecule has 10 heteroatoms. The van der Waals surface area contributed by atoms with Gasteiger partial charge in [-0.1, -0.05) is 292 Å². The van der Waals surface area contributed by atoms with Gasteiger partial charge < -0.3 is 20.1 Å². The Bertz CT molecular complexity index is 1460. The van der Waals surface area contributed by atoms with Crippen LogP contribution in [-0.4, -0.2) is 49.3 Å². The van der Waals surface area contributed by atoms with Crippen molar-refractivity contribution in [3.05, 3.63) is 72.9 Å². The molecule has 0 saturated heterocycles. The number of rotatable bonds is 59. The van der Waals surface area contributed by atoms with Gasteiger partial charge in [0.15, 0.2) is 6.10 Å². The van der Waals surface area contributed by atoms with Crippen LogP contribution in [-0.2, 0) is 32.7 Å². The summed E-state index contributed by atoms with van der Waals surface area (Å²) < 4.78 is 33.1. The van der Waals surface area contributed by atoms with Crippen molar-refractivity contribution >= 4 is 19.8 Å². The summed E-state index contributed by atoms with van der Waals surface area (Å²) in [6.07, 6.45) is 78.4. The van der Waals surface area contributed by atoms with Crippen LogP contribution in [0.1, 0.15) is 296 Å². The van der Waals surface area contributed by atoms with Gasteiger partial charge in [-0.3, -0.25) is 18.6 Å². The Morgan fingerprint density at radius 3 is 1.09 bits per heavy atom. The highest BCUT2D eigenvalue weighted by atomic mass is 31.2. The highest BCUT2D eigenvalue weighted by molar-refractivity contribution is 7.47. The predicted octanol–water partition coefficient (Wildman–Crippen LogP) is 20.1. The van der Waals surface area contributed by atoms with E-state index in [9.17, 15) is 19.0 Å². The van der Waals surface area contributed by atoms with Crippen molar-refractivity contribution < 1.29 is 37.6 Å². The molecule has 75 heavy (non-hydrogen) atoms. The Balaban J connectivity index is 3.92. The number of hydrogen-bond donors (Lipinski definition) is 2. The van der Waals surface area contributed by atoms with E-state index in [1.54, 1.807) is 0 Å². The quantitative estimate of drug-likeness (QED) is 0.0264. The molecule has 0 fully saturated rings. The molecule has 3 N–H and O–H groups in total. The smallest absolute Gasteiger partial charge is 0.462 e. The lowest BCUT2D eigenvalue weighted by Crippen LogP contribution is -2.29. The summed E-state index contributed by atoms with van der Waals surface area (Å²) in [6, 6.07) is 0. The second-order valence-electron chi connectivity index (χ2n) is 20.9. The van der Waals surface area contributed by atoms with Crippen molar-refractivity contribution in [3.63, 3.8) is 0 Å². The van der Waals surface area contributed by atoms with Crippen LogP contribution < -0.4 is 5.73 Å². The fourth-order valence-electron chi connectivity index (χ4n) is 9.00. The van der Waals surface area contributed by atoms with Gasteiger partial charge in [-0.2, -0.15) is 0 Å². The molecule has 0 rings (SSSR count). The molecule has 0 amide bonds. The van der Waals surface area contributed by atoms with E-state index in [1.165, 1.54) is 180 Å². The normalized spacial score (nSPS) is 13.5. The standard InChI is InChI=1S/C65H118NO8P/c1-3-5-7-9-11-13-15-17-19-21-23-25-27-28-29-30-31-32-33-34-36-37-39-41-43-45-47-49-51-53-55-57-64(67)71-61-63(62-73-75(69,70)72-60-59-66)74-65(68)58-56-54-52-50-48-46-44-42-40-38-35-26-24-22-20-18-16-14-12-10-8-6-4-2/h6,8,12,14,18,20,24,26,38,40,44,46,63H,3-5,7,9-11,13,15-17,19,21-23,25,27-37,39,41-43,45,47-62,66H2,1-2H3,(H,69,70)/b8-6-,14-12-,20-18-,26-24-,40-38-,46-44-. The molecule has 0 aliphatic carbocycles. The third-order valence-electron chi connectivity index (χ3n) is 13.6. The summed E-state index contributed by atoms with van der Waals surface area (Å²) in [6.45, 7) is 3.64. The first-order valence-electron chi connectivity index (χ1n) is 31.4. The minimum atomic E-state index is -4.40. The van der Waals surface area contributed by atoms with Crippen LogP contribution in [0.3, 0.4) is 0 Å². The Kier molecular flexibility index (Phi) is 58.6. The van der Waals surface area contributed by atoms with E-state index in [1.807, 2.05) is 0 Å². The zero-order valence-corrected chi connectivity index (χ0v) is 49.7. The Hall–Kier alpha value is -2.55. The van der Waals surface area contributed by atoms with Crippen LogP contribution in [0.15, 0.2) is 72.9 Å². The van der Waals surface area contributed by atoms with E-state index < -0.39 is 26.5 Å². The zero-order chi connectivity index (χ0) is 54.5. The van der Waals surface area contributed by atoms with Gasteiger partial charge in [0.05, 0.1) is 13.2 Å². The highest BCUT2D eigenvalue weighted by Crippen LogP contribution is 2.43. The van der Waals surface area contributed by atoms with Crippen molar-refractivity contribution in [2.45, 2.75) is 302 Å². The minimum absolute atomic E-state index is 0.0467. The number of nitrogens with two attached hydrogens (primary N) is 1. The summed E-state index contributed by atoms with van der Waals surface area (Å²) in [7, 11) is -4.40. The van der Waals surface area contributed by atoms with E-state index in [0.29, 0.717) is 6.42 Å². The molecule has 2 atom stereocenters. The maximum absolute atomic E-state index is 12.7. The van der Waals surface area contributed by atoms with Crippen LogP contribution in [0.25, 0.3) is 0 Å². The van der Waals surface area contributed by atoms with Gasteiger partial charge in [0, 0.05) is 19.4 Å². The van der Waals surface area contributed by atoms with E-state index in [4.69, 9.17) is 24.3 Å². The first-order valence-corrected chi connectivity index (χ1v) is 32.9. The number of phosphoric ester groups is 1. The maximum Gasteiger partial charge on any atom is 0.472 e. The monoisotopic (exact) mass is 1070 g/mol. The van der Waals surface area contributed by atoms with Gasteiger partial charge in [-0.15, -0.1) is 0 Å². The minimum Gasteiger partial charge on any atom is -0.462 e. The molecule has 9 nitrogen and oxygen atoms in total. The summed E-state index contributed by atoms with van der Waals surface area (Å²) in [5.74, 6) is -0.849. The lowest BCUT2D eigenvalue weighted by Gasteiger charge is -2.19. The highest BCUT2D eigenvalue weighted by Gasteiger charge is 2.26. The van der Waals surface area contributed by atoms with Crippen LogP contribution in [0.2, 0.25) is 0 Å². The van der Waals surface area contributed by atoms with Gasteiger partial charge >= 0.3 is 19.8 Å². The van der Waals surface area contributed by atoms with Gasteiger partial charge in [-0.05, 0) is 64.2 Å². The van der Waals surface area contributed by atoms with Crippen molar-refractivity contribution in [1.82, 2.24) is 0 Å².